The second kappa shape index (κ2) is 13.8. The topological polar surface area (TPSA) is 32.7 Å². The summed E-state index contributed by atoms with van der Waals surface area (Å²) in [6, 6.07) is 25.2. The van der Waals surface area contributed by atoms with Gasteiger partial charge in [-0.05, 0) is 86.3 Å². The van der Waals surface area contributed by atoms with Crippen LogP contribution >= 0.6 is 11.6 Å². The molecule has 0 amide bonds. The number of ether oxygens (including phenoxy) is 1. The van der Waals surface area contributed by atoms with E-state index in [-0.39, 0.29) is 5.75 Å². The van der Waals surface area contributed by atoms with Crippen molar-refractivity contribution in [3.8, 4) is 11.5 Å². The summed E-state index contributed by atoms with van der Waals surface area (Å²) in [5.74, 6) is 1.10. The average molecular weight is 478 g/mol. The molecule has 0 aromatic heterocycles. The van der Waals surface area contributed by atoms with Crippen molar-refractivity contribution in [2.24, 2.45) is 0 Å². The van der Waals surface area contributed by atoms with E-state index in [0.717, 1.165) is 54.0 Å². The van der Waals surface area contributed by atoms with E-state index in [2.05, 4.69) is 18.7 Å². The molecule has 0 aliphatic carbocycles. The van der Waals surface area contributed by atoms with Crippen LogP contribution in [0.4, 0.5) is 0 Å². The molecule has 3 aromatic rings. The molecule has 0 bridgehead atoms. The number of rotatable bonds is 13. The first-order valence-electron chi connectivity index (χ1n) is 12.3. The maximum atomic E-state index is 9.74. The third-order valence-electron chi connectivity index (χ3n) is 5.76. The highest BCUT2D eigenvalue weighted by Gasteiger charge is 2.13. The Hall–Kier alpha value is -2.75. The van der Waals surface area contributed by atoms with Crippen LogP contribution in [0.5, 0.6) is 11.5 Å². The van der Waals surface area contributed by atoms with Crippen molar-refractivity contribution in [1.29, 1.82) is 0 Å². The standard InChI is InChI=1S/C30H36ClNO2/c1-3-20-32(21-4-2)22-8-9-23-34-28-18-14-25(15-19-28)29(24-12-16-27(33)17-13-24)30(31)26-10-6-5-7-11-26/h5-7,10-19,33H,3-4,8-9,20-23H2,1-2H3. The number of unbranched alkanes of at least 4 members (excludes halogenated alkanes) is 1. The van der Waals surface area contributed by atoms with E-state index in [1.165, 1.54) is 25.9 Å². The molecule has 0 atom stereocenters. The Morgan fingerprint density at radius 2 is 1.32 bits per heavy atom. The normalized spacial score (nSPS) is 12.0. The smallest absolute Gasteiger partial charge is 0.119 e. The van der Waals surface area contributed by atoms with E-state index in [9.17, 15) is 5.11 Å². The van der Waals surface area contributed by atoms with Crippen molar-refractivity contribution in [2.45, 2.75) is 39.5 Å². The molecule has 0 aliphatic heterocycles. The highest BCUT2D eigenvalue weighted by atomic mass is 35.5. The van der Waals surface area contributed by atoms with Gasteiger partial charge in [-0.15, -0.1) is 0 Å². The van der Waals surface area contributed by atoms with Crippen LogP contribution in [0.25, 0.3) is 10.6 Å². The summed E-state index contributed by atoms with van der Waals surface area (Å²) < 4.78 is 6.01. The van der Waals surface area contributed by atoms with Gasteiger partial charge in [-0.1, -0.05) is 80.0 Å². The lowest BCUT2D eigenvalue weighted by Crippen LogP contribution is -2.26. The number of phenolic OH excluding ortho intramolecular Hbond substituents is 1. The highest BCUT2D eigenvalue weighted by Crippen LogP contribution is 2.36. The van der Waals surface area contributed by atoms with E-state index >= 15 is 0 Å². The molecule has 0 heterocycles. The van der Waals surface area contributed by atoms with Crippen LogP contribution in [0, 0.1) is 0 Å². The van der Waals surface area contributed by atoms with Gasteiger partial charge in [-0.3, -0.25) is 0 Å². The Morgan fingerprint density at radius 3 is 1.91 bits per heavy atom. The van der Waals surface area contributed by atoms with Gasteiger partial charge in [0.2, 0.25) is 0 Å². The monoisotopic (exact) mass is 477 g/mol. The molecule has 4 heteroatoms. The van der Waals surface area contributed by atoms with Gasteiger partial charge in [0.15, 0.2) is 0 Å². The third kappa shape index (κ3) is 7.65. The van der Waals surface area contributed by atoms with E-state index in [1.54, 1.807) is 12.1 Å². The second-order valence-corrected chi connectivity index (χ2v) is 8.90. The Balaban J connectivity index is 1.68. The molecule has 0 saturated carbocycles. The molecule has 180 valence electrons. The lowest BCUT2D eigenvalue weighted by molar-refractivity contribution is 0.250. The van der Waals surface area contributed by atoms with Crippen LogP contribution in [0.1, 0.15) is 56.2 Å². The first-order chi connectivity index (χ1) is 16.6. The van der Waals surface area contributed by atoms with Crippen LogP contribution in [0.2, 0.25) is 0 Å². The average Bonchev–Trinajstić information content (AvgIpc) is 2.86. The first kappa shape index (κ1) is 25.9. The maximum absolute atomic E-state index is 9.74. The van der Waals surface area contributed by atoms with E-state index in [0.29, 0.717) is 5.03 Å². The summed E-state index contributed by atoms with van der Waals surface area (Å²) in [5, 5.41) is 10.4. The van der Waals surface area contributed by atoms with Crippen molar-refractivity contribution in [2.75, 3.05) is 26.2 Å². The van der Waals surface area contributed by atoms with Gasteiger partial charge in [-0.25, -0.2) is 0 Å². The molecule has 0 unspecified atom stereocenters. The first-order valence-corrected chi connectivity index (χ1v) is 12.7. The SMILES string of the molecule is CCCN(CCC)CCCCOc1ccc(C(=C(Cl)c2ccccc2)c2ccc(O)cc2)cc1. The van der Waals surface area contributed by atoms with Crippen LogP contribution < -0.4 is 4.74 Å². The second-order valence-electron chi connectivity index (χ2n) is 8.52. The number of phenols is 1. The molecule has 34 heavy (non-hydrogen) atoms. The summed E-state index contributed by atoms with van der Waals surface area (Å²) in [4.78, 5) is 2.54. The van der Waals surface area contributed by atoms with Crippen molar-refractivity contribution >= 4 is 22.2 Å². The summed E-state index contributed by atoms with van der Waals surface area (Å²) >= 11 is 6.89. The molecule has 0 fully saturated rings. The van der Waals surface area contributed by atoms with Gasteiger partial charge in [0.25, 0.3) is 0 Å². The Morgan fingerprint density at radius 1 is 0.735 bits per heavy atom. The molecule has 3 nitrogen and oxygen atoms in total. The molecule has 0 radical (unpaired) electrons. The fourth-order valence-corrected chi connectivity index (χ4v) is 4.43. The Kier molecular flexibility index (Phi) is 10.5. The molecule has 3 rings (SSSR count). The van der Waals surface area contributed by atoms with E-state index in [4.69, 9.17) is 16.3 Å². The van der Waals surface area contributed by atoms with Crippen LogP contribution in [-0.2, 0) is 0 Å². The minimum absolute atomic E-state index is 0.232. The van der Waals surface area contributed by atoms with Gasteiger partial charge >= 0.3 is 0 Å². The summed E-state index contributed by atoms with van der Waals surface area (Å²) in [6.07, 6.45) is 4.61. The van der Waals surface area contributed by atoms with Crippen LogP contribution in [0.15, 0.2) is 78.9 Å². The van der Waals surface area contributed by atoms with Gasteiger partial charge in [0, 0.05) is 5.57 Å². The van der Waals surface area contributed by atoms with Crippen molar-refractivity contribution in [3.05, 3.63) is 95.6 Å². The minimum atomic E-state index is 0.232. The number of hydrogen-bond acceptors (Lipinski definition) is 3. The fraction of sp³-hybridized carbons (Fsp3) is 0.333. The Bertz CT molecular complexity index is 1010. The molecular formula is C30H36ClNO2. The predicted octanol–water partition coefficient (Wildman–Crippen LogP) is 7.83. The lowest BCUT2D eigenvalue weighted by atomic mass is 9.95. The number of nitrogens with zero attached hydrogens (tertiary/aromatic N) is 1. The van der Waals surface area contributed by atoms with Crippen LogP contribution in [0.3, 0.4) is 0 Å². The molecule has 0 aliphatic rings. The molecule has 0 saturated heterocycles. The number of halogens is 1. The van der Waals surface area contributed by atoms with Crippen molar-refractivity contribution < 1.29 is 9.84 Å². The van der Waals surface area contributed by atoms with Gasteiger partial charge < -0.3 is 14.7 Å². The van der Waals surface area contributed by atoms with Crippen LogP contribution in [-0.4, -0.2) is 36.2 Å². The highest BCUT2D eigenvalue weighted by molar-refractivity contribution is 6.53. The summed E-state index contributed by atoms with van der Waals surface area (Å²) in [7, 11) is 0. The zero-order chi connectivity index (χ0) is 24.2. The number of hydrogen-bond donors (Lipinski definition) is 1. The van der Waals surface area contributed by atoms with Crippen molar-refractivity contribution in [3.63, 3.8) is 0 Å². The molecule has 1 N–H and O–H groups in total. The quantitative estimate of drug-likeness (QED) is 0.201. The van der Waals surface area contributed by atoms with E-state index in [1.807, 2.05) is 66.7 Å². The van der Waals surface area contributed by atoms with Crippen molar-refractivity contribution in [1.82, 2.24) is 4.90 Å². The maximum Gasteiger partial charge on any atom is 0.119 e. The fourth-order valence-electron chi connectivity index (χ4n) is 4.09. The predicted molar refractivity (Wildman–Crippen MR) is 145 cm³/mol. The lowest BCUT2D eigenvalue weighted by Gasteiger charge is -2.20. The third-order valence-corrected chi connectivity index (χ3v) is 6.17. The van der Waals surface area contributed by atoms with Gasteiger partial charge in [0.1, 0.15) is 11.5 Å². The largest absolute Gasteiger partial charge is 0.508 e. The summed E-state index contributed by atoms with van der Waals surface area (Å²) in [5.41, 5.74) is 3.82. The number of benzene rings is 3. The molecule has 0 spiro atoms. The zero-order valence-corrected chi connectivity index (χ0v) is 21.1. The van der Waals surface area contributed by atoms with E-state index < -0.39 is 0 Å². The van der Waals surface area contributed by atoms with Gasteiger partial charge in [-0.2, -0.15) is 0 Å². The Labute approximate surface area is 209 Å². The van der Waals surface area contributed by atoms with Gasteiger partial charge in [0.05, 0.1) is 11.6 Å². The molecular weight excluding hydrogens is 442 g/mol. The summed E-state index contributed by atoms with van der Waals surface area (Å²) in [6.45, 7) is 8.70. The number of aromatic hydroxyl groups is 1. The zero-order valence-electron chi connectivity index (χ0n) is 20.3. The molecule has 3 aromatic carbocycles. The minimum Gasteiger partial charge on any atom is -0.508 e.